The molecule has 1 amide bonds. The van der Waals surface area contributed by atoms with Gasteiger partial charge < -0.3 is 16.2 Å². The Morgan fingerprint density at radius 2 is 1.94 bits per heavy atom. The molecule has 6 heteroatoms. The number of nitrogens with one attached hydrogen (secondary N) is 2. The highest BCUT2D eigenvalue weighted by atomic mass is 16.4. The Morgan fingerprint density at radius 1 is 1.39 bits per heavy atom. The van der Waals surface area contributed by atoms with Crippen molar-refractivity contribution in [1.29, 1.82) is 5.41 Å². The van der Waals surface area contributed by atoms with E-state index < -0.39 is 12.0 Å². The van der Waals surface area contributed by atoms with Crippen molar-refractivity contribution in [1.82, 2.24) is 5.32 Å². The van der Waals surface area contributed by atoms with Crippen LogP contribution in [-0.4, -0.2) is 28.9 Å². The number of carbonyl (C=O) groups excluding carboxylic acids is 1. The molecule has 96 valence electrons. The summed E-state index contributed by atoms with van der Waals surface area (Å²) in [5, 5.41) is 18.6. The number of amides is 1. The summed E-state index contributed by atoms with van der Waals surface area (Å²) in [6.45, 7) is 1.27. The molecule has 0 aromatic heterocycles. The zero-order valence-corrected chi connectivity index (χ0v) is 9.93. The summed E-state index contributed by atoms with van der Waals surface area (Å²) in [5.74, 6) is -1.51. The molecule has 6 nitrogen and oxygen atoms in total. The zero-order chi connectivity index (χ0) is 13.7. The molecule has 0 aliphatic carbocycles. The van der Waals surface area contributed by atoms with Crippen molar-refractivity contribution >= 4 is 17.7 Å². The van der Waals surface area contributed by atoms with Crippen molar-refractivity contribution in [2.24, 2.45) is 5.73 Å². The normalized spacial score (nSPS) is 11.6. The fourth-order valence-corrected chi connectivity index (χ4v) is 1.50. The van der Waals surface area contributed by atoms with E-state index in [9.17, 15) is 9.59 Å². The Kier molecular flexibility index (Phi) is 4.42. The van der Waals surface area contributed by atoms with Crippen LogP contribution in [0, 0.1) is 5.41 Å². The number of hydrogen-bond donors (Lipinski definition) is 4. The van der Waals surface area contributed by atoms with Crippen LogP contribution < -0.4 is 11.1 Å². The molecular formula is C12H15N3O3. The molecule has 0 fully saturated rings. The fourth-order valence-electron chi connectivity index (χ4n) is 1.50. The third-order valence-electron chi connectivity index (χ3n) is 2.38. The summed E-state index contributed by atoms with van der Waals surface area (Å²) >= 11 is 0. The van der Waals surface area contributed by atoms with E-state index in [1.807, 2.05) is 0 Å². The van der Waals surface area contributed by atoms with Crippen molar-refractivity contribution in [3.05, 3.63) is 35.4 Å². The van der Waals surface area contributed by atoms with Gasteiger partial charge in [-0.2, -0.15) is 0 Å². The Labute approximate surface area is 104 Å². The number of carboxylic acid groups (broad SMARTS) is 1. The van der Waals surface area contributed by atoms with Gasteiger partial charge in [0.05, 0.1) is 0 Å². The third-order valence-corrected chi connectivity index (χ3v) is 2.38. The van der Waals surface area contributed by atoms with Gasteiger partial charge in [0.25, 0.3) is 0 Å². The Balaban J connectivity index is 2.78. The molecule has 0 aliphatic heterocycles. The molecule has 0 aliphatic rings. The topological polar surface area (TPSA) is 116 Å². The summed E-state index contributed by atoms with van der Waals surface area (Å²) < 4.78 is 0. The van der Waals surface area contributed by atoms with Crippen LogP contribution in [0.25, 0.3) is 0 Å². The first-order chi connectivity index (χ1) is 8.40. The maximum atomic E-state index is 10.9. The number of rotatable bonds is 5. The van der Waals surface area contributed by atoms with Crippen molar-refractivity contribution in [3.8, 4) is 0 Å². The molecule has 0 bridgehead atoms. The van der Waals surface area contributed by atoms with Crippen LogP contribution in [0.4, 0.5) is 0 Å². The van der Waals surface area contributed by atoms with Crippen LogP contribution in [-0.2, 0) is 16.0 Å². The predicted octanol–water partition coefficient (Wildman–Crippen LogP) is 0.102. The maximum Gasteiger partial charge on any atom is 0.326 e. The molecule has 1 aromatic carbocycles. The maximum absolute atomic E-state index is 10.9. The van der Waals surface area contributed by atoms with Gasteiger partial charge in [-0.15, -0.1) is 0 Å². The number of nitrogens with two attached hydrogens (primary N) is 1. The standard InChI is InChI=1S/C12H15N3O3/c1-7(16)15-10(12(17)18)6-8-2-4-9(5-3-8)11(13)14/h2-5,10H,6H2,1H3,(H3,13,14)(H,15,16)(H,17,18). The summed E-state index contributed by atoms with van der Waals surface area (Å²) in [6, 6.07) is 5.71. The lowest BCUT2D eigenvalue weighted by atomic mass is 10.0. The van der Waals surface area contributed by atoms with Crippen LogP contribution in [0.5, 0.6) is 0 Å². The third kappa shape index (κ3) is 3.89. The van der Waals surface area contributed by atoms with E-state index in [2.05, 4.69) is 5.32 Å². The van der Waals surface area contributed by atoms with Gasteiger partial charge in [-0.25, -0.2) is 4.79 Å². The van der Waals surface area contributed by atoms with Crippen LogP contribution in [0.1, 0.15) is 18.1 Å². The van der Waals surface area contributed by atoms with E-state index in [1.54, 1.807) is 24.3 Å². The van der Waals surface area contributed by atoms with Crippen molar-refractivity contribution < 1.29 is 14.7 Å². The minimum absolute atomic E-state index is 0.0433. The molecule has 5 N–H and O–H groups in total. The molecule has 1 atom stereocenters. The molecule has 0 saturated carbocycles. The lowest BCUT2D eigenvalue weighted by Crippen LogP contribution is -2.41. The van der Waals surface area contributed by atoms with Gasteiger partial charge in [-0.1, -0.05) is 24.3 Å². The van der Waals surface area contributed by atoms with Gasteiger partial charge in [-0.05, 0) is 5.56 Å². The first-order valence-electron chi connectivity index (χ1n) is 5.33. The van der Waals surface area contributed by atoms with Crippen molar-refractivity contribution in [2.75, 3.05) is 0 Å². The molecular weight excluding hydrogens is 234 g/mol. The second-order valence-electron chi connectivity index (χ2n) is 3.91. The Morgan fingerprint density at radius 3 is 2.33 bits per heavy atom. The van der Waals surface area contributed by atoms with Crippen molar-refractivity contribution in [3.63, 3.8) is 0 Å². The predicted molar refractivity (Wildman–Crippen MR) is 66.4 cm³/mol. The van der Waals surface area contributed by atoms with Crippen LogP contribution >= 0.6 is 0 Å². The van der Waals surface area contributed by atoms with E-state index in [-0.39, 0.29) is 18.2 Å². The smallest absolute Gasteiger partial charge is 0.326 e. The molecule has 0 radical (unpaired) electrons. The fraction of sp³-hybridized carbons (Fsp3) is 0.250. The Hall–Kier alpha value is -2.37. The van der Waals surface area contributed by atoms with E-state index in [4.69, 9.17) is 16.2 Å². The minimum atomic E-state index is -1.08. The van der Waals surface area contributed by atoms with Gasteiger partial charge in [0.1, 0.15) is 11.9 Å². The van der Waals surface area contributed by atoms with Gasteiger partial charge in [-0.3, -0.25) is 10.2 Å². The Bertz CT molecular complexity index is 468. The van der Waals surface area contributed by atoms with Gasteiger partial charge in [0.2, 0.25) is 5.91 Å². The summed E-state index contributed by atoms with van der Waals surface area (Å²) in [7, 11) is 0. The SMILES string of the molecule is CC(=O)NC(Cc1ccc(C(=N)N)cc1)C(=O)O. The highest BCUT2D eigenvalue weighted by molar-refractivity contribution is 5.94. The van der Waals surface area contributed by atoms with Crippen LogP contribution in [0.15, 0.2) is 24.3 Å². The van der Waals surface area contributed by atoms with Gasteiger partial charge in [0.15, 0.2) is 0 Å². The average molecular weight is 249 g/mol. The number of amidine groups is 1. The van der Waals surface area contributed by atoms with Gasteiger partial charge >= 0.3 is 5.97 Å². The number of carbonyl (C=O) groups is 2. The van der Waals surface area contributed by atoms with E-state index in [0.29, 0.717) is 5.56 Å². The second-order valence-corrected chi connectivity index (χ2v) is 3.91. The highest BCUT2D eigenvalue weighted by Gasteiger charge is 2.18. The molecule has 0 saturated heterocycles. The molecule has 1 aromatic rings. The highest BCUT2D eigenvalue weighted by Crippen LogP contribution is 2.07. The van der Waals surface area contributed by atoms with Crippen molar-refractivity contribution in [2.45, 2.75) is 19.4 Å². The zero-order valence-electron chi connectivity index (χ0n) is 9.93. The molecule has 0 spiro atoms. The quantitative estimate of drug-likeness (QED) is 0.437. The summed E-state index contributed by atoms with van der Waals surface area (Å²) in [5.41, 5.74) is 6.64. The number of benzene rings is 1. The number of aliphatic carboxylic acids is 1. The van der Waals surface area contributed by atoms with E-state index in [1.165, 1.54) is 6.92 Å². The first kappa shape index (κ1) is 13.7. The van der Waals surface area contributed by atoms with Crippen LogP contribution in [0.2, 0.25) is 0 Å². The largest absolute Gasteiger partial charge is 0.480 e. The van der Waals surface area contributed by atoms with Crippen LogP contribution in [0.3, 0.4) is 0 Å². The average Bonchev–Trinajstić information content (AvgIpc) is 2.28. The summed E-state index contributed by atoms with van der Waals surface area (Å²) in [4.78, 5) is 21.8. The summed E-state index contributed by atoms with van der Waals surface area (Å²) in [6.07, 6.45) is 0.188. The number of hydrogen-bond acceptors (Lipinski definition) is 3. The number of nitrogen functional groups attached to an aromatic ring is 1. The van der Waals surface area contributed by atoms with Gasteiger partial charge in [0, 0.05) is 18.9 Å². The number of carboxylic acids is 1. The van der Waals surface area contributed by atoms with E-state index >= 15 is 0 Å². The lowest BCUT2D eigenvalue weighted by molar-refractivity contribution is -0.141. The monoisotopic (exact) mass is 249 g/mol. The molecule has 18 heavy (non-hydrogen) atoms. The van der Waals surface area contributed by atoms with E-state index in [0.717, 1.165) is 5.56 Å². The molecule has 1 rings (SSSR count). The molecule has 1 unspecified atom stereocenters. The molecule has 0 heterocycles. The lowest BCUT2D eigenvalue weighted by Gasteiger charge is -2.13. The minimum Gasteiger partial charge on any atom is -0.480 e. The first-order valence-corrected chi connectivity index (χ1v) is 5.33. The second kappa shape index (κ2) is 5.81.